The molecular weight excluding hydrogens is 436 g/mol. The maximum Gasteiger partial charge on any atom is 0.240 e. The van der Waals surface area contributed by atoms with Crippen molar-refractivity contribution in [2.75, 3.05) is 45.1 Å². The number of aryl methyl sites for hydroxylation is 2. The van der Waals surface area contributed by atoms with Gasteiger partial charge >= 0.3 is 0 Å². The summed E-state index contributed by atoms with van der Waals surface area (Å²) in [4.78, 5) is 17.4. The third kappa shape index (κ3) is 6.63. The van der Waals surface area contributed by atoms with Crippen LogP contribution in [0.25, 0.3) is 0 Å². The summed E-state index contributed by atoms with van der Waals surface area (Å²) in [7, 11) is -1.49. The molecule has 0 radical (unpaired) electrons. The number of likely N-dealkylation sites (N-methyl/N-ethyl adjacent to an activating group) is 1. The highest BCUT2D eigenvalue weighted by atomic mass is 32.2. The van der Waals surface area contributed by atoms with Gasteiger partial charge in [0, 0.05) is 51.4 Å². The van der Waals surface area contributed by atoms with E-state index in [1.807, 2.05) is 24.3 Å². The van der Waals surface area contributed by atoms with E-state index in [4.69, 9.17) is 0 Å². The predicted octanol–water partition coefficient (Wildman–Crippen LogP) is 2.62. The Morgan fingerprint density at radius 2 is 1.73 bits per heavy atom. The van der Waals surface area contributed by atoms with Crippen LogP contribution in [0.3, 0.4) is 0 Å². The van der Waals surface area contributed by atoms with Crippen LogP contribution in [0.4, 0.5) is 5.69 Å². The van der Waals surface area contributed by atoms with Crippen LogP contribution in [0, 0.1) is 0 Å². The van der Waals surface area contributed by atoms with E-state index in [1.54, 1.807) is 12.1 Å². The first-order chi connectivity index (χ1) is 15.9. The number of nitrogens with one attached hydrogen (secondary N) is 2. The zero-order valence-electron chi connectivity index (χ0n) is 19.3. The number of nitrogens with zero attached hydrogens (tertiary/aromatic N) is 2. The van der Waals surface area contributed by atoms with Crippen molar-refractivity contribution in [2.45, 2.75) is 43.5 Å². The largest absolute Gasteiger partial charge is 0.326 e. The topological polar surface area (TPSA) is 81.8 Å². The fourth-order valence-electron chi connectivity index (χ4n) is 4.49. The van der Waals surface area contributed by atoms with Crippen molar-refractivity contribution >= 4 is 21.6 Å². The maximum absolute atomic E-state index is 12.7. The molecule has 0 aromatic heterocycles. The minimum atomic E-state index is -3.63. The molecule has 0 unspecified atom stereocenters. The van der Waals surface area contributed by atoms with E-state index in [0.717, 1.165) is 75.2 Å². The fourth-order valence-corrected chi connectivity index (χ4v) is 5.58. The summed E-state index contributed by atoms with van der Waals surface area (Å²) in [5.41, 5.74) is 4.27. The molecule has 178 valence electrons. The Balaban J connectivity index is 1.26. The number of benzene rings is 2. The van der Waals surface area contributed by atoms with Crippen molar-refractivity contribution in [3.8, 4) is 0 Å². The third-order valence-electron chi connectivity index (χ3n) is 6.49. The number of fused-ring (bicyclic) bond motifs is 1. The average Bonchev–Trinajstić information content (AvgIpc) is 2.80. The van der Waals surface area contributed by atoms with Crippen LogP contribution in [0.15, 0.2) is 47.4 Å². The van der Waals surface area contributed by atoms with Gasteiger partial charge in [-0.05, 0) is 73.7 Å². The fraction of sp³-hybridized carbons (Fsp3) is 0.480. The van der Waals surface area contributed by atoms with Crippen LogP contribution in [0.5, 0.6) is 0 Å². The zero-order chi connectivity index (χ0) is 23.3. The minimum absolute atomic E-state index is 0.0617. The lowest BCUT2D eigenvalue weighted by atomic mass is 9.92. The normalized spacial score (nSPS) is 17.5. The number of rotatable bonds is 8. The van der Waals surface area contributed by atoms with Gasteiger partial charge in [-0.1, -0.05) is 18.2 Å². The molecule has 1 saturated heterocycles. The van der Waals surface area contributed by atoms with Crippen LogP contribution in [0.2, 0.25) is 0 Å². The van der Waals surface area contributed by atoms with Gasteiger partial charge in [0.15, 0.2) is 0 Å². The molecule has 4 rings (SSSR count). The van der Waals surface area contributed by atoms with Crippen LogP contribution >= 0.6 is 0 Å². The zero-order valence-corrected chi connectivity index (χ0v) is 20.2. The summed E-state index contributed by atoms with van der Waals surface area (Å²) in [6, 6.07) is 13.2. The Labute approximate surface area is 197 Å². The second-order valence-corrected chi connectivity index (χ2v) is 10.9. The molecule has 2 aliphatic rings. The molecule has 2 aromatic carbocycles. The van der Waals surface area contributed by atoms with Crippen molar-refractivity contribution in [2.24, 2.45) is 0 Å². The van der Waals surface area contributed by atoms with E-state index in [2.05, 4.69) is 33.0 Å². The molecule has 1 amide bonds. The first kappa shape index (κ1) is 23.9. The number of carbonyl (C=O) groups excluding carboxylic acids is 1. The van der Waals surface area contributed by atoms with E-state index in [0.29, 0.717) is 0 Å². The van der Waals surface area contributed by atoms with Crippen molar-refractivity contribution in [1.29, 1.82) is 0 Å². The van der Waals surface area contributed by atoms with E-state index < -0.39 is 10.0 Å². The summed E-state index contributed by atoms with van der Waals surface area (Å²) in [6.07, 6.45) is 4.27. The summed E-state index contributed by atoms with van der Waals surface area (Å²) >= 11 is 0. The number of hydrogen-bond donors (Lipinski definition) is 2. The van der Waals surface area contributed by atoms with Crippen LogP contribution in [-0.2, 0) is 34.2 Å². The molecule has 1 heterocycles. The van der Waals surface area contributed by atoms with Gasteiger partial charge < -0.3 is 10.2 Å². The van der Waals surface area contributed by atoms with Crippen molar-refractivity contribution in [3.63, 3.8) is 0 Å². The summed E-state index contributed by atoms with van der Waals surface area (Å²) < 4.78 is 27.9. The number of piperazine rings is 1. The van der Waals surface area contributed by atoms with Gasteiger partial charge in [0.05, 0.1) is 4.90 Å². The van der Waals surface area contributed by atoms with Crippen molar-refractivity contribution < 1.29 is 13.2 Å². The van der Waals surface area contributed by atoms with Crippen LogP contribution in [-0.4, -0.2) is 63.9 Å². The van der Waals surface area contributed by atoms with E-state index in [-0.39, 0.29) is 23.8 Å². The Kier molecular flexibility index (Phi) is 7.80. The molecule has 0 bridgehead atoms. The van der Waals surface area contributed by atoms with Gasteiger partial charge in [-0.2, -0.15) is 0 Å². The molecule has 7 nitrogen and oxygen atoms in total. The first-order valence-electron chi connectivity index (χ1n) is 11.8. The standard InChI is InChI=1S/C25H34N4O3S/c1-28-13-15-29(16-14-28)19-20-5-4-8-23(17-20)27-25(30)11-12-26-33(31,32)24-10-9-21-6-2-3-7-22(21)18-24/h4-5,8-10,17-18,26H,2-3,6-7,11-16,19H2,1H3,(H,27,30). The van der Waals surface area contributed by atoms with Gasteiger partial charge in [0.25, 0.3) is 0 Å². The van der Waals surface area contributed by atoms with Gasteiger partial charge in [0.2, 0.25) is 15.9 Å². The second-order valence-electron chi connectivity index (χ2n) is 9.11. The SMILES string of the molecule is CN1CCN(Cc2cccc(NC(=O)CCNS(=O)(=O)c3ccc4c(c3)CCCC4)c2)CC1. The summed E-state index contributed by atoms with van der Waals surface area (Å²) in [5.74, 6) is -0.208. The number of anilines is 1. The van der Waals surface area contributed by atoms with Gasteiger partial charge in [-0.25, -0.2) is 13.1 Å². The molecule has 0 spiro atoms. The highest BCUT2D eigenvalue weighted by molar-refractivity contribution is 7.89. The predicted molar refractivity (Wildman–Crippen MR) is 131 cm³/mol. The Hall–Kier alpha value is -2.26. The lowest BCUT2D eigenvalue weighted by Crippen LogP contribution is -2.43. The first-order valence-corrected chi connectivity index (χ1v) is 13.3. The summed E-state index contributed by atoms with van der Waals surface area (Å²) in [6.45, 7) is 5.13. The lowest BCUT2D eigenvalue weighted by molar-refractivity contribution is -0.116. The minimum Gasteiger partial charge on any atom is -0.326 e. The maximum atomic E-state index is 12.7. The number of amides is 1. The molecule has 2 aromatic rings. The van der Waals surface area contributed by atoms with Crippen LogP contribution < -0.4 is 10.0 Å². The van der Waals surface area contributed by atoms with E-state index >= 15 is 0 Å². The quantitative estimate of drug-likeness (QED) is 0.620. The molecule has 0 saturated carbocycles. The molecule has 33 heavy (non-hydrogen) atoms. The van der Waals surface area contributed by atoms with Crippen molar-refractivity contribution in [1.82, 2.24) is 14.5 Å². The summed E-state index contributed by atoms with van der Waals surface area (Å²) in [5, 5.41) is 2.89. The lowest BCUT2D eigenvalue weighted by Gasteiger charge is -2.32. The molecule has 1 fully saturated rings. The number of carbonyl (C=O) groups is 1. The Morgan fingerprint density at radius 1 is 0.970 bits per heavy atom. The smallest absolute Gasteiger partial charge is 0.240 e. The second kappa shape index (κ2) is 10.8. The molecule has 2 N–H and O–H groups in total. The molecule has 0 atom stereocenters. The van der Waals surface area contributed by atoms with Gasteiger partial charge in [0.1, 0.15) is 0 Å². The number of hydrogen-bond acceptors (Lipinski definition) is 5. The third-order valence-corrected chi connectivity index (χ3v) is 7.95. The Bertz CT molecular complexity index is 1080. The van der Waals surface area contributed by atoms with Gasteiger partial charge in [-0.15, -0.1) is 0 Å². The van der Waals surface area contributed by atoms with Gasteiger partial charge in [-0.3, -0.25) is 9.69 Å². The molecular formula is C25H34N4O3S. The van der Waals surface area contributed by atoms with Crippen molar-refractivity contribution in [3.05, 3.63) is 59.2 Å². The van der Waals surface area contributed by atoms with E-state index in [9.17, 15) is 13.2 Å². The average molecular weight is 471 g/mol. The molecule has 8 heteroatoms. The monoisotopic (exact) mass is 470 g/mol. The highest BCUT2D eigenvalue weighted by Crippen LogP contribution is 2.24. The number of sulfonamides is 1. The Morgan fingerprint density at radius 3 is 2.52 bits per heavy atom. The van der Waals surface area contributed by atoms with Crippen LogP contribution in [0.1, 0.15) is 36.0 Å². The highest BCUT2D eigenvalue weighted by Gasteiger charge is 2.18. The molecule has 1 aliphatic carbocycles. The molecule has 1 aliphatic heterocycles. The van der Waals surface area contributed by atoms with E-state index in [1.165, 1.54) is 5.56 Å².